The van der Waals surface area contributed by atoms with Gasteiger partial charge in [0.2, 0.25) is 18.7 Å². The topological polar surface area (TPSA) is 174 Å². The minimum absolute atomic E-state index is 0.0411. The minimum Gasteiger partial charge on any atom is -0.356 e. The maximum absolute atomic E-state index is 13.8. The first-order chi connectivity index (χ1) is 29.6. The number of imidazole rings is 2. The number of nitrogens with one attached hydrogen (secondary N) is 4. The Kier molecular flexibility index (Phi) is 12.5. The van der Waals surface area contributed by atoms with Crippen molar-refractivity contribution in [2.24, 2.45) is 17.6 Å². The molecule has 0 saturated carbocycles. The Hall–Kier alpha value is -5.66. The second kappa shape index (κ2) is 18.1. The summed E-state index contributed by atoms with van der Waals surface area (Å²) in [6, 6.07) is 29.6. The van der Waals surface area contributed by atoms with Gasteiger partial charge in [-0.3, -0.25) is 14.9 Å². The first-order valence-corrected chi connectivity index (χ1v) is 21.7. The third-order valence-electron chi connectivity index (χ3n) is 12.6. The van der Waals surface area contributed by atoms with Crippen LogP contribution in [0.15, 0.2) is 84.9 Å². The number of carbonyl (C=O) groups excluding carboxylic acids is 2. The fraction of sp³-hybridized carbons (Fsp3) is 0.388. The van der Waals surface area contributed by atoms with E-state index in [1.807, 2.05) is 24.8 Å². The largest absolute Gasteiger partial charge is 0.356 e. The molecule has 2 aromatic heterocycles. The Bertz CT molecular complexity index is 2650. The normalized spacial score (nSPS) is 16.6. The van der Waals surface area contributed by atoms with Gasteiger partial charge >= 0.3 is 0 Å². The zero-order valence-electron chi connectivity index (χ0n) is 35.7. The molecule has 318 valence electrons. The van der Waals surface area contributed by atoms with Crippen LogP contribution < -0.4 is 16.4 Å². The van der Waals surface area contributed by atoms with Crippen molar-refractivity contribution >= 4 is 55.9 Å². The van der Waals surface area contributed by atoms with Crippen LogP contribution in [-0.2, 0) is 14.3 Å². The summed E-state index contributed by atoms with van der Waals surface area (Å²) in [5.41, 5.74) is 14.2. The quantitative estimate of drug-likeness (QED) is 0.0393. The number of aliphatic hydroxyl groups excluding tert-OH is 1. The molecule has 61 heavy (non-hydrogen) atoms. The molecule has 8 rings (SSSR count). The van der Waals surface area contributed by atoms with Gasteiger partial charge in [-0.2, -0.15) is 0 Å². The fourth-order valence-corrected chi connectivity index (χ4v) is 9.14. The van der Waals surface area contributed by atoms with E-state index in [2.05, 4.69) is 113 Å². The molecule has 3 heterocycles. The van der Waals surface area contributed by atoms with Gasteiger partial charge in [0.25, 0.3) is 0 Å². The molecule has 7 N–H and O–H groups in total. The number of carbonyl (C=O) groups is 2. The number of fused-ring (bicyclic) bond motifs is 6. The molecule has 2 amide bonds. The van der Waals surface area contributed by atoms with Gasteiger partial charge in [-0.25, -0.2) is 9.97 Å². The van der Waals surface area contributed by atoms with E-state index in [1.54, 1.807) is 0 Å². The van der Waals surface area contributed by atoms with Crippen molar-refractivity contribution in [2.75, 3.05) is 20.2 Å². The summed E-state index contributed by atoms with van der Waals surface area (Å²) in [7, 11) is 1.40. The molecule has 12 nitrogen and oxygen atoms in total. The molecule has 12 heteroatoms. The van der Waals surface area contributed by atoms with Gasteiger partial charge in [-0.15, -0.1) is 0 Å². The molecule has 0 bridgehead atoms. The highest BCUT2D eigenvalue weighted by Crippen LogP contribution is 2.37. The molecule has 2 unspecified atom stereocenters. The number of nitrogens with zero attached hydrogens (tertiary/aromatic N) is 3. The number of aliphatic hydroxyl groups is 1. The zero-order chi connectivity index (χ0) is 42.8. The van der Waals surface area contributed by atoms with Crippen LogP contribution in [0.4, 0.5) is 0 Å². The molecule has 0 aliphatic carbocycles. The van der Waals surface area contributed by atoms with Crippen molar-refractivity contribution < 1.29 is 19.4 Å². The number of benzene rings is 5. The molecule has 1 aliphatic heterocycles. The second-order valence-electron chi connectivity index (χ2n) is 17.3. The van der Waals surface area contributed by atoms with E-state index in [9.17, 15) is 14.7 Å². The number of H-pyrrole nitrogens is 2. The smallest absolute Gasteiger partial charge is 0.240 e. The monoisotopic (exact) mass is 822 g/mol. The van der Waals surface area contributed by atoms with Crippen molar-refractivity contribution in [3.63, 3.8) is 0 Å². The zero-order valence-corrected chi connectivity index (χ0v) is 35.7. The highest BCUT2D eigenvalue weighted by atomic mass is 16.6. The van der Waals surface area contributed by atoms with Crippen molar-refractivity contribution in [3.8, 4) is 22.3 Å². The van der Waals surface area contributed by atoms with Gasteiger partial charge < -0.3 is 35.8 Å². The summed E-state index contributed by atoms with van der Waals surface area (Å²) in [6.45, 7) is 9.43. The van der Waals surface area contributed by atoms with E-state index in [0.29, 0.717) is 19.0 Å². The van der Waals surface area contributed by atoms with E-state index in [1.165, 1.54) is 7.11 Å². The molecule has 5 aromatic carbocycles. The number of methoxy groups -OCH3 is 1. The van der Waals surface area contributed by atoms with Crippen LogP contribution in [0, 0.1) is 11.8 Å². The van der Waals surface area contributed by atoms with E-state index in [4.69, 9.17) is 20.4 Å². The van der Waals surface area contributed by atoms with Gasteiger partial charge in [0, 0.05) is 36.4 Å². The van der Waals surface area contributed by atoms with Gasteiger partial charge in [-0.05, 0) is 108 Å². The van der Waals surface area contributed by atoms with E-state index >= 15 is 0 Å². The van der Waals surface area contributed by atoms with Crippen LogP contribution in [-0.4, -0.2) is 81.0 Å². The third kappa shape index (κ3) is 8.63. The SMILES string of the molecule is COC(O)N[C@H](C(=O)N1CCC[C@H]1c1nc2ccc3cc(-c4ccc(-c5ccc6c(ccc7nc(C(CCCN)C[C@@H](NC=O)C(C)C)[nH]c76)c5)cc4)ccc3c2[nH]1)C(C)C. The maximum atomic E-state index is 13.8. The highest BCUT2D eigenvalue weighted by molar-refractivity contribution is 6.06. The average Bonchev–Trinajstić information content (AvgIpc) is 4.05. The number of ether oxygens (including phenoxy) is 1. The number of hydrogen-bond acceptors (Lipinski definition) is 8. The summed E-state index contributed by atoms with van der Waals surface area (Å²) in [4.78, 5) is 44.3. The summed E-state index contributed by atoms with van der Waals surface area (Å²) < 4.78 is 4.99. The van der Waals surface area contributed by atoms with E-state index in [0.717, 1.165) is 116 Å². The lowest BCUT2D eigenvalue weighted by Crippen LogP contribution is -2.52. The average molecular weight is 823 g/mol. The molecule has 1 saturated heterocycles. The van der Waals surface area contributed by atoms with Crippen molar-refractivity contribution in [1.82, 2.24) is 35.5 Å². The Morgan fingerprint density at radius 1 is 0.869 bits per heavy atom. The predicted octanol–water partition coefficient (Wildman–Crippen LogP) is 8.26. The molecule has 1 aliphatic rings. The maximum Gasteiger partial charge on any atom is 0.240 e. The van der Waals surface area contributed by atoms with Crippen molar-refractivity contribution in [2.45, 2.75) is 90.3 Å². The third-order valence-corrected chi connectivity index (χ3v) is 12.6. The molecule has 0 spiro atoms. The van der Waals surface area contributed by atoms with Crippen molar-refractivity contribution in [1.29, 1.82) is 0 Å². The first-order valence-electron chi connectivity index (χ1n) is 21.7. The van der Waals surface area contributed by atoms with Crippen LogP contribution in [0.5, 0.6) is 0 Å². The fourth-order valence-electron chi connectivity index (χ4n) is 9.14. The van der Waals surface area contributed by atoms with Crippen LogP contribution >= 0.6 is 0 Å². The van der Waals surface area contributed by atoms with E-state index < -0.39 is 12.5 Å². The van der Waals surface area contributed by atoms with Gasteiger partial charge in [0.1, 0.15) is 11.6 Å². The molecule has 0 radical (unpaired) electrons. The number of amides is 2. The van der Waals surface area contributed by atoms with Crippen molar-refractivity contribution in [3.05, 3.63) is 96.6 Å². The molecule has 7 aromatic rings. The standard InChI is InChI=1S/C49H58N8O4/c1-28(2)41(51-27-58)26-36(8-6-22-50)46-52-39-20-16-34-24-32(14-18-37(34)44(39)54-46)30-10-12-31(13-11-30)33-15-19-38-35(25-33)17-21-40-45(38)55-47(53-40)42-9-7-23-57(42)48(59)43(29(3)4)56-49(60)61-5/h10-21,24-25,27-29,36,41-43,49,56,60H,6-9,22-23,26,50H2,1-5H3,(H,51,58)(H,52,54)(H,53,55)/t36?,41-,42+,43+,49?/m1/s1. The Balaban J connectivity index is 1.01. The van der Waals surface area contributed by atoms with Crippen LogP contribution in [0.2, 0.25) is 0 Å². The Labute approximate surface area is 356 Å². The van der Waals surface area contributed by atoms with Crippen LogP contribution in [0.25, 0.3) is 65.9 Å². The number of rotatable bonds is 17. The molecular weight excluding hydrogens is 765 g/mol. The second-order valence-corrected chi connectivity index (χ2v) is 17.3. The summed E-state index contributed by atoms with van der Waals surface area (Å²) in [6.07, 6.45) is 3.86. The highest BCUT2D eigenvalue weighted by Gasteiger charge is 2.37. The number of hydrogen-bond donors (Lipinski definition) is 6. The lowest BCUT2D eigenvalue weighted by molar-refractivity contribution is -0.145. The summed E-state index contributed by atoms with van der Waals surface area (Å²) >= 11 is 0. The summed E-state index contributed by atoms with van der Waals surface area (Å²) in [5, 5.41) is 20.5. The number of aromatic amines is 2. The van der Waals surface area contributed by atoms with Gasteiger partial charge in [0.05, 0.1) is 34.2 Å². The number of aromatic nitrogens is 4. The van der Waals surface area contributed by atoms with Gasteiger partial charge in [0.15, 0.2) is 0 Å². The molecular formula is C49H58N8O4. The predicted molar refractivity (Wildman–Crippen MR) is 244 cm³/mol. The lowest BCUT2D eigenvalue weighted by atomic mass is 9.89. The first kappa shape index (κ1) is 42.0. The number of nitrogens with two attached hydrogens (primary N) is 1. The molecule has 1 fully saturated rings. The van der Waals surface area contributed by atoms with Crippen LogP contribution in [0.1, 0.15) is 83.4 Å². The van der Waals surface area contributed by atoms with Crippen LogP contribution in [0.3, 0.4) is 0 Å². The molecule has 5 atom stereocenters. The lowest BCUT2D eigenvalue weighted by Gasteiger charge is -2.31. The number of likely N-dealkylation sites (tertiary alicyclic amines) is 1. The minimum atomic E-state index is -1.22. The van der Waals surface area contributed by atoms with E-state index in [-0.39, 0.29) is 29.8 Å². The Morgan fingerprint density at radius 2 is 1.48 bits per heavy atom. The Morgan fingerprint density at radius 3 is 2.05 bits per heavy atom. The summed E-state index contributed by atoms with van der Waals surface area (Å²) in [5.74, 6) is 2.08. The van der Waals surface area contributed by atoms with Gasteiger partial charge in [-0.1, -0.05) is 88.4 Å².